The van der Waals surface area contributed by atoms with E-state index in [0.717, 1.165) is 35.4 Å². The van der Waals surface area contributed by atoms with Crippen molar-refractivity contribution in [3.05, 3.63) is 54.0 Å². The van der Waals surface area contributed by atoms with E-state index in [1.807, 2.05) is 11.9 Å². The smallest absolute Gasteiger partial charge is 0.268 e. The number of ether oxygens (including phenoxy) is 1. The first kappa shape index (κ1) is 21.5. The zero-order valence-electron chi connectivity index (χ0n) is 17.1. The number of likely N-dealkylation sites (N-methyl/N-ethyl adjacent to an activating group) is 1. The summed E-state index contributed by atoms with van der Waals surface area (Å²) < 4.78 is 73.8. The van der Waals surface area contributed by atoms with E-state index in [9.17, 15) is 21.6 Å². The fraction of sp³-hybridized carbons (Fsp3) is 0.333. The molecular weight excluding hydrogens is 431 g/mol. The van der Waals surface area contributed by atoms with Crippen molar-refractivity contribution in [3.8, 4) is 5.75 Å². The predicted octanol–water partition coefficient (Wildman–Crippen LogP) is 3.72. The van der Waals surface area contributed by atoms with E-state index in [1.54, 1.807) is 6.07 Å². The lowest BCUT2D eigenvalue weighted by atomic mass is 10.2. The highest BCUT2D eigenvalue weighted by atomic mass is 32.2. The lowest BCUT2D eigenvalue weighted by Crippen LogP contribution is -2.44. The number of aromatic nitrogens is 1. The highest BCUT2D eigenvalue weighted by Crippen LogP contribution is 2.35. The van der Waals surface area contributed by atoms with E-state index < -0.39 is 27.8 Å². The van der Waals surface area contributed by atoms with Crippen molar-refractivity contribution in [3.63, 3.8) is 0 Å². The van der Waals surface area contributed by atoms with Gasteiger partial charge in [0.2, 0.25) is 0 Å². The van der Waals surface area contributed by atoms with Gasteiger partial charge in [0.25, 0.3) is 16.4 Å². The maximum absolute atomic E-state index is 13.8. The van der Waals surface area contributed by atoms with E-state index in [1.165, 1.54) is 25.3 Å². The molecule has 0 atom stereocenters. The molecule has 4 rings (SSSR count). The molecule has 0 saturated carbocycles. The maximum atomic E-state index is 13.8. The van der Waals surface area contributed by atoms with Crippen LogP contribution in [0.2, 0.25) is 0 Å². The van der Waals surface area contributed by atoms with Gasteiger partial charge in [-0.3, -0.25) is 0 Å². The molecule has 2 heterocycles. The Hall–Kier alpha value is -2.72. The van der Waals surface area contributed by atoms with Crippen molar-refractivity contribution < 1.29 is 26.3 Å². The Morgan fingerprint density at radius 2 is 1.74 bits per heavy atom. The van der Waals surface area contributed by atoms with Gasteiger partial charge < -0.3 is 14.5 Å². The van der Waals surface area contributed by atoms with Crippen molar-refractivity contribution in [1.29, 1.82) is 0 Å². The van der Waals surface area contributed by atoms with Crippen LogP contribution >= 0.6 is 0 Å². The first-order chi connectivity index (χ1) is 14.7. The molecule has 2 aromatic carbocycles. The Bertz CT molecular complexity index is 1220. The fourth-order valence-corrected chi connectivity index (χ4v) is 5.20. The van der Waals surface area contributed by atoms with Gasteiger partial charge in [-0.15, -0.1) is 0 Å². The van der Waals surface area contributed by atoms with Gasteiger partial charge >= 0.3 is 0 Å². The molecule has 10 heteroatoms. The van der Waals surface area contributed by atoms with Crippen molar-refractivity contribution in [1.82, 2.24) is 8.87 Å². The van der Waals surface area contributed by atoms with E-state index in [4.69, 9.17) is 4.74 Å². The quantitative estimate of drug-likeness (QED) is 0.590. The number of benzene rings is 2. The van der Waals surface area contributed by atoms with Gasteiger partial charge in [0.1, 0.15) is 11.6 Å². The molecule has 0 amide bonds. The molecule has 0 N–H and O–H groups in total. The van der Waals surface area contributed by atoms with Crippen LogP contribution in [0.4, 0.5) is 18.9 Å². The molecule has 3 aromatic rings. The third-order valence-electron chi connectivity index (χ3n) is 5.55. The molecule has 0 radical (unpaired) electrons. The minimum Gasteiger partial charge on any atom is -0.495 e. The number of piperazine rings is 1. The van der Waals surface area contributed by atoms with Gasteiger partial charge in [-0.2, -0.15) is 0 Å². The molecule has 6 nitrogen and oxygen atoms in total. The van der Waals surface area contributed by atoms with Crippen LogP contribution in [0.15, 0.2) is 47.5 Å². The molecule has 0 bridgehead atoms. The van der Waals surface area contributed by atoms with E-state index in [-0.39, 0.29) is 15.8 Å². The number of hydrogen-bond acceptors (Lipinski definition) is 5. The van der Waals surface area contributed by atoms with Crippen molar-refractivity contribution in [2.24, 2.45) is 0 Å². The average molecular weight is 453 g/mol. The number of methoxy groups -OCH3 is 1. The standard InChI is InChI=1S/C21H22F3N3O3S/c1-25-7-9-26(10-8-25)19-12-15(4-6-20(19)30-2)31(28,29)27-13-17(21(23)24)16-5-3-14(22)11-18(16)27/h3-6,11-13,21H,7-10H2,1-2H3. The van der Waals surface area contributed by atoms with E-state index >= 15 is 0 Å². The summed E-state index contributed by atoms with van der Waals surface area (Å²) in [7, 11) is -0.761. The van der Waals surface area contributed by atoms with Gasteiger partial charge in [0.05, 0.1) is 23.2 Å². The van der Waals surface area contributed by atoms with Crippen LogP contribution in [0.3, 0.4) is 0 Å². The average Bonchev–Trinajstić information content (AvgIpc) is 3.13. The summed E-state index contributed by atoms with van der Waals surface area (Å²) in [6, 6.07) is 7.53. The first-order valence-electron chi connectivity index (χ1n) is 9.68. The summed E-state index contributed by atoms with van der Waals surface area (Å²) in [5.41, 5.74) is 0.00652. The Morgan fingerprint density at radius 1 is 1.03 bits per heavy atom. The number of hydrogen-bond donors (Lipinski definition) is 0. The molecule has 166 valence electrons. The molecular formula is C21H22F3N3O3S. The van der Waals surface area contributed by atoms with Crippen LogP contribution in [0.5, 0.6) is 5.75 Å². The molecule has 1 aliphatic heterocycles. The Kier molecular flexibility index (Phi) is 5.61. The summed E-state index contributed by atoms with van der Waals surface area (Å²) in [5.74, 6) is -0.198. The summed E-state index contributed by atoms with van der Waals surface area (Å²) in [5, 5.41) is -0.00669. The molecule has 31 heavy (non-hydrogen) atoms. The molecule has 0 spiro atoms. The molecule has 1 saturated heterocycles. The van der Waals surface area contributed by atoms with Gasteiger partial charge in [0, 0.05) is 43.3 Å². The predicted molar refractivity (Wildman–Crippen MR) is 112 cm³/mol. The van der Waals surface area contributed by atoms with Crippen LogP contribution < -0.4 is 9.64 Å². The Balaban J connectivity index is 1.85. The number of alkyl halides is 2. The van der Waals surface area contributed by atoms with E-state index in [0.29, 0.717) is 24.5 Å². The van der Waals surface area contributed by atoms with Crippen molar-refractivity contribution >= 4 is 26.6 Å². The second kappa shape index (κ2) is 8.08. The second-order valence-corrected chi connectivity index (χ2v) is 9.29. The molecule has 1 aliphatic rings. The molecule has 1 aromatic heterocycles. The summed E-state index contributed by atoms with van der Waals surface area (Å²) in [4.78, 5) is 4.09. The SMILES string of the molecule is COc1ccc(S(=O)(=O)n2cc(C(F)F)c3ccc(F)cc32)cc1N1CCN(C)CC1. The zero-order chi connectivity index (χ0) is 22.3. The van der Waals surface area contributed by atoms with Crippen LogP contribution in [-0.2, 0) is 10.0 Å². The van der Waals surface area contributed by atoms with Gasteiger partial charge in [-0.25, -0.2) is 25.6 Å². The highest BCUT2D eigenvalue weighted by molar-refractivity contribution is 7.90. The number of anilines is 1. The summed E-state index contributed by atoms with van der Waals surface area (Å²) >= 11 is 0. The fourth-order valence-electron chi connectivity index (χ4n) is 3.81. The van der Waals surface area contributed by atoms with Crippen LogP contribution in [0, 0.1) is 5.82 Å². The number of rotatable bonds is 5. The monoisotopic (exact) mass is 453 g/mol. The molecule has 0 aliphatic carbocycles. The molecule has 0 unspecified atom stereocenters. The highest BCUT2D eigenvalue weighted by Gasteiger charge is 2.27. The summed E-state index contributed by atoms with van der Waals surface area (Å²) in [6.07, 6.45) is -2.04. The number of fused-ring (bicyclic) bond motifs is 1. The zero-order valence-corrected chi connectivity index (χ0v) is 17.9. The van der Waals surface area contributed by atoms with Crippen LogP contribution in [0.25, 0.3) is 10.9 Å². The number of nitrogens with zero attached hydrogens (tertiary/aromatic N) is 3. The minimum atomic E-state index is -4.27. The van der Waals surface area contributed by atoms with E-state index in [2.05, 4.69) is 4.90 Å². The lowest BCUT2D eigenvalue weighted by Gasteiger charge is -2.34. The summed E-state index contributed by atoms with van der Waals surface area (Å²) in [6.45, 7) is 2.98. The van der Waals surface area contributed by atoms with Gasteiger partial charge in [-0.1, -0.05) is 0 Å². The number of halogens is 3. The Labute approximate surface area is 178 Å². The van der Waals surface area contributed by atoms with Gasteiger partial charge in [0.15, 0.2) is 0 Å². The largest absolute Gasteiger partial charge is 0.495 e. The normalized spacial score (nSPS) is 15.7. The first-order valence-corrected chi connectivity index (χ1v) is 11.1. The maximum Gasteiger partial charge on any atom is 0.268 e. The lowest BCUT2D eigenvalue weighted by molar-refractivity contribution is 0.153. The van der Waals surface area contributed by atoms with Crippen LogP contribution in [-0.4, -0.2) is 57.6 Å². The van der Waals surface area contributed by atoms with Crippen molar-refractivity contribution in [2.75, 3.05) is 45.2 Å². The third kappa shape index (κ3) is 3.85. The third-order valence-corrected chi connectivity index (χ3v) is 7.22. The molecule has 1 fully saturated rings. The Morgan fingerprint density at radius 3 is 2.39 bits per heavy atom. The van der Waals surface area contributed by atoms with Crippen molar-refractivity contribution in [2.45, 2.75) is 11.3 Å². The second-order valence-electron chi connectivity index (χ2n) is 7.47. The van der Waals surface area contributed by atoms with Crippen LogP contribution in [0.1, 0.15) is 12.0 Å². The minimum absolute atomic E-state index is 0.00669. The topological polar surface area (TPSA) is 54.8 Å². The van der Waals surface area contributed by atoms with Gasteiger partial charge in [-0.05, 0) is 43.4 Å².